The molecule has 3 N–H and O–H groups in total. The molecule has 2 unspecified atom stereocenters. The lowest BCUT2D eigenvalue weighted by atomic mass is 10.1. The zero-order valence-corrected chi connectivity index (χ0v) is 9.82. The highest BCUT2D eigenvalue weighted by Gasteiger charge is 2.39. The van der Waals surface area contributed by atoms with Gasteiger partial charge >= 0.3 is 0 Å². The van der Waals surface area contributed by atoms with Crippen molar-refractivity contribution in [2.45, 2.75) is 6.10 Å². The van der Waals surface area contributed by atoms with Crippen LogP contribution in [0.4, 0.5) is 13.2 Å². The third kappa shape index (κ3) is 2.52. The van der Waals surface area contributed by atoms with Crippen molar-refractivity contribution >= 4 is 11.8 Å². The maximum Gasteiger partial charge on any atom is 0.267 e. The van der Waals surface area contributed by atoms with Crippen molar-refractivity contribution in [3.63, 3.8) is 0 Å². The number of aliphatic hydroxyl groups is 1. The molecule has 1 aromatic carbocycles. The van der Waals surface area contributed by atoms with E-state index in [0.717, 1.165) is 6.07 Å². The standard InChI is InChI=1S/C11H9F3N2O4/c12-4-1-2-6(9(14)8(4)13)20-16-11(19)7-5(17)3-15-10(7)18/h1-2,5,7,17H,3H2,(H,15,18)(H,16,19). The maximum atomic E-state index is 13.2. The van der Waals surface area contributed by atoms with E-state index in [2.05, 4.69) is 10.2 Å². The van der Waals surface area contributed by atoms with Gasteiger partial charge in [-0.2, -0.15) is 9.87 Å². The van der Waals surface area contributed by atoms with Crippen molar-refractivity contribution in [1.29, 1.82) is 0 Å². The second-order valence-electron chi connectivity index (χ2n) is 4.03. The number of amides is 2. The highest BCUT2D eigenvalue weighted by atomic mass is 19.2. The first-order valence-electron chi connectivity index (χ1n) is 5.47. The van der Waals surface area contributed by atoms with Crippen molar-refractivity contribution < 1.29 is 32.7 Å². The van der Waals surface area contributed by atoms with Gasteiger partial charge in [-0.1, -0.05) is 0 Å². The number of carbonyl (C=O) groups is 2. The Kier molecular flexibility index (Phi) is 3.79. The summed E-state index contributed by atoms with van der Waals surface area (Å²) in [5.41, 5.74) is 1.70. The topological polar surface area (TPSA) is 87.7 Å². The average molecular weight is 290 g/mol. The number of nitrogens with one attached hydrogen (secondary N) is 2. The lowest BCUT2D eigenvalue weighted by molar-refractivity contribution is -0.140. The Hall–Kier alpha value is -2.29. The highest BCUT2D eigenvalue weighted by Crippen LogP contribution is 2.21. The molecular formula is C11H9F3N2O4. The van der Waals surface area contributed by atoms with Gasteiger partial charge in [-0.05, 0) is 12.1 Å². The summed E-state index contributed by atoms with van der Waals surface area (Å²) in [6.07, 6.45) is -1.25. The van der Waals surface area contributed by atoms with Gasteiger partial charge < -0.3 is 15.3 Å². The van der Waals surface area contributed by atoms with Crippen molar-refractivity contribution in [3.8, 4) is 5.75 Å². The van der Waals surface area contributed by atoms with Crippen LogP contribution in [-0.4, -0.2) is 29.6 Å². The molecule has 2 rings (SSSR count). The van der Waals surface area contributed by atoms with E-state index in [1.54, 1.807) is 5.48 Å². The van der Waals surface area contributed by atoms with E-state index in [1.807, 2.05) is 0 Å². The smallest absolute Gasteiger partial charge is 0.267 e. The van der Waals surface area contributed by atoms with Gasteiger partial charge in [0.1, 0.15) is 5.92 Å². The van der Waals surface area contributed by atoms with Crippen LogP contribution in [0.2, 0.25) is 0 Å². The predicted molar refractivity (Wildman–Crippen MR) is 57.6 cm³/mol. The fourth-order valence-electron chi connectivity index (χ4n) is 1.66. The summed E-state index contributed by atoms with van der Waals surface area (Å²) in [7, 11) is 0. The molecule has 9 heteroatoms. The van der Waals surface area contributed by atoms with E-state index in [-0.39, 0.29) is 6.54 Å². The van der Waals surface area contributed by atoms with Crippen LogP contribution in [0.5, 0.6) is 5.75 Å². The van der Waals surface area contributed by atoms with E-state index in [0.29, 0.717) is 6.07 Å². The number of benzene rings is 1. The lowest BCUT2D eigenvalue weighted by Gasteiger charge is -2.12. The summed E-state index contributed by atoms with van der Waals surface area (Å²) in [6, 6.07) is 1.37. The molecule has 108 valence electrons. The molecule has 6 nitrogen and oxygen atoms in total. The summed E-state index contributed by atoms with van der Waals surface area (Å²) in [5, 5.41) is 11.6. The van der Waals surface area contributed by atoms with Gasteiger partial charge in [0.2, 0.25) is 11.7 Å². The number of aliphatic hydroxyl groups excluding tert-OH is 1. The van der Waals surface area contributed by atoms with E-state index in [9.17, 15) is 27.9 Å². The van der Waals surface area contributed by atoms with Crippen LogP contribution in [-0.2, 0) is 9.59 Å². The monoisotopic (exact) mass is 290 g/mol. The molecule has 0 aliphatic carbocycles. The molecule has 1 aliphatic heterocycles. The van der Waals surface area contributed by atoms with Gasteiger partial charge in [0.15, 0.2) is 17.4 Å². The Balaban J connectivity index is 2.04. The average Bonchev–Trinajstić information content (AvgIpc) is 2.74. The van der Waals surface area contributed by atoms with Crippen LogP contribution >= 0.6 is 0 Å². The molecule has 0 aromatic heterocycles. The number of hydrogen-bond acceptors (Lipinski definition) is 4. The number of rotatable bonds is 3. The molecule has 0 radical (unpaired) electrons. The van der Waals surface area contributed by atoms with E-state index < -0.39 is 47.0 Å². The minimum atomic E-state index is -1.75. The zero-order valence-electron chi connectivity index (χ0n) is 9.82. The second-order valence-corrected chi connectivity index (χ2v) is 4.03. The Bertz CT molecular complexity index is 567. The van der Waals surface area contributed by atoms with E-state index >= 15 is 0 Å². The van der Waals surface area contributed by atoms with Gasteiger partial charge in [-0.25, -0.2) is 8.78 Å². The molecule has 1 saturated heterocycles. The summed E-state index contributed by atoms with van der Waals surface area (Å²) in [5.74, 6) is -8.71. The quantitative estimate of drug-likeness (QED) is 0.402. The fourth-order valence-corrected chi connectivity index (χ4v) is 1.66. The highest BCUT2D eigenvalue weighted by molar-refractivity contribution is 6.02. The van der Waals surface area contributed by atoms with E-state index in [1.165, 1.54) is 0 Å². The predicted octanol–water partition coefficient (Wildman–Crippen LogP) is -0.379. The van der Waals surface area contributed by atoms with Crippen LogP contribution in [0.25, 0.3) is 0 Å². The molecule has 0 saturated carbocycles. The summed E-state index contributed by atoms with van der Waals surface area (Å²) < 4.78 is 38.8. The van der Waals surface area contributed by atoms with Crippen molar-refractivity contribution in [2.75, 3.05) is 6.54 Å². The lowest BCUT2D eigenvalue weighted by Crippen LogP contribution is -2.41. The van der Waals surface area contributed by atoms with Crippen molar-refractivity contribution in [3.05, 3.63) is 29.6 Å². The minimum Gasteiger partial charge on any atom is -0.390 e. The van der Waals surface area contributed by atoms with Gasteiger partial charge in [-0.3, -0.25) is 9.59 Å². The van der Waals surface area contributed by atoms with Gasteiger partial charge in [0.05, 0.1) is 6.10 Å². The molecule has 20 heavy (non-hydrogen) atoms. The van der Waals surface area contributed by atoms with Crippen molar-refractivity contribution in [1.82, 2.24) is 10.8 Å². The Morgan fingerprint density at radius 3 is 2.65 bits per heavy atom. The first kappa shape index (κ1) is 14.1. The summed E-state index contributed by atoms with van der Waals surface area (Å²) in [6.45, 7) is -0.101. The molecule has 2 atom stereocenters. The number of carbonyl (C=O) groups excluding carboxylic acids is 2. The third-order valence-electron chi connectivity index (χ3n) is 2.70. The molecule has 1 aliphatic rings. The summed E-state index contributed by atoms with van der Waals surface area (Å²) in [4.78, 5) is 27.3. The molecular weight excluding hydrogens is 281 g/mol. The number of β-amino-alcohol motifs (C(OH)–C–C–N with tert-alkyl or cyclic N) is 1. The Labute approximate surface area is 110 Å². The van der Waals surface area contributed by atoms with E-state index in [4.69, 9.17) is 0 Å². The number of hydrogen-bond donors (Lipinski definition) is 3. The molecule has 1 aromatic rings. The van der Waals surface area contributed by atoms with Gasteiger partial charge in [0, 0.05) is 6.54 Å². The van der Waals surface area contributed by atoms with Crippen LogP contribution in [0.3, 0.4) is 0 Å². The van der Waals surface area contributed by atoms with Crippen LogP contribution in [0, 0.1) is 23.4 Å². The molecule has 1 heterocycles. The Morgan fingerprint density at radius 2 is 2.05 bits per heavy atom. The molecule has 2 amide bonds. The molecule has 0 bridgehead atoms. The van der Waals surface area contributed by atoms with Crippen LogP contribution < -0.4 is 15.6 Å². The second kappa shape index (κ2) is 5.37. The fraction of sp³-hybridized carbons (Fsp3) is 0.273. The van der Waals surface area contributed by atoms with Crippen molar-refractivity contribution in [2.24, 2.45) is 5.92 Å². The zero-order chi connectivity index (χ0) is 14.9. The Morgan fingerprint density at radius 1 is 1.35 bits per heavy atom. The third-order valence-corrected chi connectivity index (χ3v) is 2.70. The number of hydroxylamine groups is 1. The first-order chi connectivity index (χ1) is 9.41. The normalized spacial score (nSPS) is 21.5. The van der Waals surface area contributed by atoms with Crippen LogP contribution in [0.1, 0.15) is 0 Å². The maximum absolute atomic E-state index is 13.2. The molecule has 0 spiro atoms. The molecule has 1 fully saturated rings. The summed E-state index contributed by atoms with van der Waals surface area (Å²) >= 11 is 0. The minimum absolute atomic E-state index is 0.101. The SMILES string of the molecule is O=C1NCC(O)C1C(=O)NOc1ccc(F)c(F)c1F. The largest absolute Gasteiger partial charge is 0.390 e. The van der Waals surface area contributed by atoms with Gasteiger partial charge in [-0.15, -0.1) is 0 Å². The van der Waals surface area contributed by atoms with Gasteiger partial charge in [0.25, 0.3) is 5.91 Å². The van der Waals surface area contributed by atoms with Crippen LogP contribution in [0.15, 0.2) is 12.1 Å². The number of halogens is 3. The first-order valence-corrected chi connectivity index (χ1v) is 5.47.